The normalized spacial score (nSPS) is 9.58. The van der Waals surface area contributed by atoms with Crippen LogP contribution in [-0.2, 0) is 18.4 Å². The van der Waals surface area contributed by atoms with Crippen LogP contribution in [0.3, 0.4) is 0 Å². The Morgan fingerprint density at radius 2 is 1.83 bits per heavy atom. The molecule has 72 valence electrons. The van der Waals surface area contributed by atoms with Crippen molar-refractivity contribution in [3.05, 3.63) is 12.7 Å². The zero-order valence-corrected chi connectivity index (χ0v) is 7.78. The molecule has 0 saturated carbocycles. The van der Waals surface area contributed by atoms with Gasteiger partial charge in [0.15, 0.2) is 0 Å². The fraction of sp³-hybridized carbons (Fsp3) is 0.400. The number of amides is 1. The lowest BCUT2D eigenvalue weighted by atomic mass is 10.6. The van der Waals surface area contributed by atoms with Gasteiger partial charge in [0.2, 0.25) is 5.91 Å². The van der Waals surface area contributed by atoms with Crippen LogP contribution in [0.25, 0.3) is 0 Å². The Kier molecular flexibility index (Phi) is 8.09. The summed E-state index contributed by atoms with van der Waals surface area (Å²) in [6.07, 6.45) is 1.06. The number of phosphoric acid groups is 1. The van der Waals surface area contributed by atoms with Crippen molar-refractivity contribution in [1.29, 1.82) is 0 Å². The van der Waals surface area contributed by atoms with Gasteiger partial charge >= 0.3 is 7.82 Å². The Hall–Kier alpha value is -0.680. The van der Waals surface area contributed by atoms with Gasteiger partial charge in [-0.2, -0.15) is 0 Å². The summed E-state index contributed by atoms with van der Waals surface area (Å²) in [7, 11) is -1.45. The fourth-order valence-corrected chi connectivity index (χ4v) is 0.224. The van der Waals surface area contributed by atoms with Crippen molar-refractivity contribution < 1.29 is 23.3 Å². The summed E-state index contributed by atoms with van der Waals surface area (Å²) in [4.78, 5) is 17.7. The predicted octanol–water partition coefficient (Wildman–Crippen LogP) is 0.0373. The number of phosphoric ester groups is 1. The summed E-state index contributed by atoms with van der Waals surface area (Å²) in [5.74, 6) is -0.481. The smallest absolute Gasteiger partial charge is 0.366 e. The number of hydrogen-bond donors (Lipinski definition) is 2. The molecule has 0 spiro atoms. The van der Waals surface area contributed by atoms with E-state index in [0.29, 0.717) is 0 Å². The van der Waals surface area contributed by atoms with Crippen LogP contribution in [0.15, 0.2) is 12.7 Å². The molecule has 7 heteroatoms. The molecule has 0 saturated heterocycles. The molecule has 0 aromatic rings. The number of nitrogens with two attached hydrogens (primary N) is 1. The Morgan fingerprint density at radius 1 is 1.58 bits per heavy atom. The van der Waals surface area contributed by atoms with Crippen LogP contribution >= 0.6 is 7.82 Å². The molecule has 0 rings (SSSR count). The lowest BCUT2D eigenvalue weighted by Gasteiger charge is -2.01. The standard InChI is InChI=1S/C3H5NO.C2H7O4P/c1-2-3(4)5;1-5-7(3,4)6-2/h2H,1H2,(H2,4,5);1-2H3,(H,3,4). The zero-order valence-electron chi connectivity index (χ0n) is 6.89. The molecule has 6 nitrogen and oxygen atoms in total. The molecule has 0 aliphatic rings. The second-order valence-corrected chi connectivity index (χ2v) is 3.11. The number of primary amides is 1. The summed E-state index contributed by atoms with van der Waals surface area (Å²) in [6, 6.07) is 0. The lowest BCUT2D eigenvalue weighted by Crippen LogP contribution is -2.04. The maximum absolute atomic E-state index is 10.1. The van der Waals surface area contributed by atoms with E-state index in [9.17, 15) is 9.36 Å². The summed E-state index contributed by atoms with van der Waals surface area (Å²) in [5.41, 5.74) is 4.53. The summed E-state index contributed by atoms with van der Waals surface area (Å²) >= 11 is 0. The zero-order chi connectivity index (χ0) is 10.2. The quantitative estimate of drug-likeness (QED) is 0.491. The first-order chi connectivity index (χ1) is 5.39. The van der Waals surface area contributed by atoms with E-state index in [2.05, 4.69) is 21.4 Å². The van der Waals surface area contributed by atoms with Gasteiger partial charge in [-0.15, -0.1) is 0 Å². The molecule has 0 aromatic carbocycles. The first-order valence-corrected chi connectivity index (χ1v) is 4.25. The van der Waals surface area contributed by atoms with Gasteiger partial charge < -0.3 is 10.6 Å². The molecule has 0 radical (unpaired) electrons. The molecule has 3 N–H and O–H groups in total. The molecule has 12 heavy (non-hydrogen) atoms. The minimum absolute atomic E-state index is 0.481. The number of hydrogen-bond acceptors (Lipinski definition) is 4. The molecule has 0 aliphatic carbocycles. The first-order valence-electron chi connectivity index (χ1n) is 2.75. The highest BCUT2D eigenvalue weighted by atomic mass is 31.2. The van der Waals surface area contributed by atoms with E-state index in [0.717, 1.165) is 20.3 Å². The average Bonchev–Trinajstić information content (AvgIpc) is 2.05. The maximum Gasteiger partial charge on any atom is 0.471 e. The van der Waals surface area contributed by atoms with Crippen LogP contribution in [0.1, 0.15) is 0 Å². The minimum Gasteiger partial charge on any atom is -0.366 e. The second kappa shape index (κ2) is 7.00. The van der Waals surface area contributed by atoms with Crippen molar-refractivity contribution >= 4 is 13.7 Å². The summed E-state index contributed by atoms with van der Waals surface area (Å²) in [6.45, 7) is 3.09. The molecule has 0 fully saturated rings. The topological polar surface area (TPSA) is 98.9 Å². The van der Waals surface area contributed by atoms with Gasteiger partial charge in [0.25, 0.3) is 0 Å². The van der Waals surface area contributed by atoms with E-state index >= 15 is 0 Å². The first kappa shape index (κ1) is 13.9. The van der Waals surface area contributed by atoms with Gasteiger partial charge in [0.05, 0.1) is 0 Å². The highest BCUT2D eigenvalue weighted by molar-refractivity contribution is 7.47. The van der Waals surface area contributed by atoms with E-state index in [1.165, 1.54) is 0 Å². The van der Waals surface area contributed by atoms with E-state index in [1.54, 1.807) is 0 Å². The second-order valence-electron chi connectivity index (χ2n) is 1.44. The molecule has 0 aromatic heterocycles. The Bertz CT molecular complexity index is 184. The third-order valence-corrected chi connectivity index (χ3v) is 1.59. The SMILES string of the molecule is C=CC(N)=O.COP(=O)(O)OC. The van der Waals surface area contributed by atoms with Crippen molar-refractivity contribution in [3.8, 4) is 0 Å². The van der Waals surface area contributed by atoms with Crippen LogP contribution in [0.5, 0.6) is 0 Å². The third-order valence-electron chi connectivity index (χ3n) is 0.663. The molecule has 0 heterocycles. The van der Waals surface area contributed by atoms with E-state index < -0.39 is 13.7 Å². The monoisotopic (exact) mass is 197 g/mol. The van der Waals surface area contributed by atoms with Crippen LogP contribution in [-0.4, -0.2) is 25.0 Å². The highest BCUT2D eigenvalue weighted by Gasteiger charge is 2.13. The molecular weight excluding hydrogens is 185 g/mol. The average molecular weight is 197 g/mol. The number of carbonyl (C=O) groups is 1. The van der Waals surface area contributed by atoms with Crippen LogP contribution in [0.4, 0.5) is 0 Å². The molecule has 0 atom stereocenters. The molecule has 0 unspecified atom stereocenters. The summed E-state index contributed by atoms with van der Waals surface area (Å²) in [5, 5.41) is 0. The van der Waals surface area contributed by atoms with Crippen molar-refractivity contribution in [2.45, 2.75) is 0 Å². The Morgan fingerprint density at radius 3 is 1.83 bits per heavy atom. The van der Waals surface area contributed by atoms with Gasteiger partial charge in [0.1, 0.15) is 0 Å². The van der Waals surface area contributed by atoms with Crippen molar-refractivity contribution in [2.75, 3.05) is 14.2 Å². The number of rotatable bonds is 3. The van der Waals surface area contributed by atoms with Gasteiger partial charge in [0, 0.05) is 14.2 Å². The van der Waals surface area contributed by atoms with E-state index in [4.69, 9.17) is 4.89 Å². The van der Waals surface area contributed by atoms with Crippen molar-refractivity contribution in [3.63, 3.8) is 0 Å². The van der Waals surface area contributed by atoms with Crippen molar-refractivity contribution in [2.24, 2.45) is 5.73 Å². The Balaban J connectivity index is 0. The van der Waals surface area contributed by atoms with E-state index in [-0.39, 0.29) is 0 Å². The fourth-order valence-electron chi connectivity index (χ4n) is 0.0745. The lowest BCUT2D eigenvalue weighted by molar-refractivity contribution is -0.113. The highest BCUT2D eigenvalue weighted by Crippen LogP contribution is 2.40. The summed E-state index contributed by atoms with van der Waals surface area (Å²) < 4.78 is 18.0. The maximum atomic E-state index is 10.1. The third kappa shape index (κ3) is 12.0. The number of carbonyl (C=O) groups excluding carboxylic acids is 1. The largest absolute Gasteiger partial charge is 0.471 e. The van der Waals surface area contributed by atoms with Crippen LogP contribution in [0.2, 0.25) is 0 Å². The molecule has 1 amide bonds. The van der Waals surface area contributed by atoms with Gasteiger partial charge in [-0.1, -0.05) is 6.58 Å². The van der Waals surface area contributed by atoms with Crippen molar-refractivity contribution in [1.82, 2.24) is 0 Å². The predicted molar refractivity (Wildman–Crippen MR) is 43.2 cm³/mol. The van der Waals surface area contributed by atoms with Gasteiger partial charge in [-0.3, -0.25) is 13.8 Å². The van der Waals surface area contributed by atoms with Crippen LogP contribution in [0, 0.1) is 0 Å². The van der Waals surface area contributed by atoms with E-state index in [1.807, 2.05) is 0 Å². The molecular formula is C5H12NO5P. The Labute approximate surface area is 70.6 Å². The van der Waals surface area contributed by atoms with Crippen LogP contribution < -0.4 is 5.73 Å². The molecule has 0 aliphatic heterocycles. The minimum atomic E-state index is -3.65. The van der Waals surface area contributed by atoms with Gasteiger partial charge in [-0.05, 0) is 6.08 Å². The van der Waals surface area contributed by atoms with Gasteiger partial charge in [-0.25, -0.2) is 4.57 Å². The molecule has 0 bridgehead atoms.